The maximum Gasteiger partial charge on any atom is 0.304 e. The van der Waals surface area contributed by atoms with Gasteiger partial charge in [0.15, 0.2) is 0 Å². The van der Waals surface area contributed by atoms with Gasteiger partial charge in [-0.05, 0) is 47.4 Å². The Morgan fingerprint density at radius 2 is 2.00 bits per heavy atom. The summed E-state index contributed by atoms with van der Waals surface area (Å²) >= 11 is 0. The maximum atomic E-state index is 13.3. The van der Waals surface area contributed by atoms with Gasteiger partial charge in [-0.3, -0.25) is 9.59 Å². The Balaban J connectivity index is 1.94. The van der Waals surface area contributed by atoms with E-state index in [2.05, 4.69) is 5.32 Å². The zero-order valence-electron chi connectivity index (χ0n) is 11.7. The molecule has 0 spiro atoms. The zero-order chi connectivity index (χ0) is 15.7. The number of amides is 1. The van der Waals surface area contributed by atoms with Crippen LogP contribution < -0.4 is 5.32 Å². The number of rotatable bonds is 3. The quantitative estimate of drug-likeness (QED) is 0.915. The minimum Gasteiger partial charge on any atom is -0.481 e. The average Bonchev–Trinajstić information content (AvgIpc) is 2.47. The summed E-state index contributed by atoms with van der Waals surface area (Å²) in [5.74, 6) is -2.15. The van der Waals surface area contributed by atoms with Crippen LogP contribution in [0.25, 0.3) is 11.1 Å². The van der Waals surface area contributed by atoms with Crippen LogP contribution in [0.4, 0.5) is 10.1 Å². The van der Waals surface area contributed by atoms with E-state index >= 15 is 0 Å². The van der Waals surface area contributed by atoms with E-state index in [4.69, 9.17) is 5.11 Å². The summed E-state index contributed by atoms with van der Waals surface area (Å²) in [6.45, 7) is 0. The molecule has 2 N–H and O–H groups in total. The highest BCUT2D eigenvalue weighted by Crippen LogP contribution is 2.31. The monoisotopic (exact) mass is 299 g/mol. The largest absolute Gasteiger partial charge is 0.481 e. The lowest BCUT2D eigenvalue weighted by atomic mass is 9.89. The van der Waals surface area contributed by atoms with Crippen molar-refractivity contribution in [1.82, 2.24) is 0 Å². The second-order valence-corrected chi connectivity index (χ2v) is 5.37. The highest BCUT2D eigenvalue weighted by molar-refractivity contribution is 5.97. The Morgan fingerprint density at radius 3 is 2.73 bits per heavy atom. The van der Waals surface area contributed by atoms with Gasteiger partial charge in [-0.1, -0.05) is 18.2 Å². The summed E-state index contributed by atoms with van der Waals surface area (Å²) in [4.78, 5) is 22.7. The Hall–Kier alpha value is -2.69. The SMILES string of the molecule is O=C(O)CC1Cc2cc(-c3cccc(F)c3)ccc2NC1=O. The van der Waals surface area contributed by atoms with E-state index < -0.39 is 11.9 Å². The first kappa shape index (κ1) is 14.3. The number of hydrogen-bond acceptors (Lipinski definition) is 2. The van der Waals surface area contributed by atoms with E-state index in [1.165, 1.54) is 12.1 Å². The van der Waals surface area contributed by atoms with E-state index in [1.54, 1.807) is 18.2 Å². The molecule has 0 bridgehead atoms. The number of carbonyl (C=O) groups is 2. The fraction of sp³-hybridized carbons (Fsp3) is 0.176. The molecule has 112 valence electrons. The van der Waals surface area contributed by atoms with Gasteiger partial charge in [-0.15, -0.1) is 0 Å². The highest BCUT2D eigenvalue weighted by atomic mass is 19.1. The molecule has 0 aromatic heterocycles. The summed E-state index contributed by atoms with van der Waals surface area (Å²) in [6.07, 6.45) is 0.173. The van der Waals surface area contributed by atoms with Crippen LogP contribution in [0.5, 0.6) is 0 Å². The van der Waals surface area contributed by atoms with Crippen LogP contribution in [0, 0.1) is 11.7 Å². The Labute approximate surface area is 126 Å². The normalized spacial score (nSPS) is 16.8. The molecular formula is C17H14FNO3. The molecule has 4 nitrogen and oxygen atoms in total. The number of halogens is 1. The molecule has 3 rings (SSSR count). The number of nitrogens with one attached hydrogen (secondary N) is 1. The number of anilines is 1. The van der Waals surface area contributed by atoms with Gasteiger partial charge in [-0.2, -0.15) is 0 Å². The molecular weight excluding hydrogens is 285 g/mol. The van der Waals surface area contributed by atoms with Gasteiger partial charge in [0.25, 0.3) is 0 Å². The maximum absolute atomic E-state index is 13.3. The molecule has 2 aromatic rings. The van der Waals surface area contributed by atoms with Crippen molar-refractivity contribution in [1.29, 1.82) is 0 Å². The molecule has 1 atom stereocenters. The molecule has 1 unspecified atom stereocenters. The number of fused-ring (bicyclic) bond motifs is 1. The highest BCUT2D eigenvalue weighted by Gasteiger charge is 2.28. The zero-order valence-corrected chi connectivity index (χ0v) is 11.7. The van der Waals surface area contributed by atoms with E-state index in [0.29, 0.717) is 12.1 Å². The summed E-state index contributed by atoms with van der Waals surface area (Å²) < 4.78 is 13.3. The first-order valence-electron chi connectivity index (χ1n) is 6.94. The van der Waals surface area contributed by atoms with Gasteiger partial charge in [-0.25, -0.2) is 4.39 Å². The first-order chi connectivity index (χ1) is 10.5. The standard InChI is InChI=1S/C17H14FNO3/c18-14-3-1-2-10(8-14)11-4-5-15-12(6-11)7-13(9-16(20)21)17(22)19-15/h1-6,8,13H,7,9H2,(H,19,22)(H,20,21). The molecule has 2 aromatic carbocycles. The van der Waals surface area contributed by atoms with Crippen LogP contribution in [0.15, 0.2) is 42.5 Å². The molecule has 1 aliphatic heterocycles. The van der Waals surface area contributed by atoms with Crippen molar-refractivity contribution in [3.05, 3.63) is 53.8 Å². The molecule has 1 aliphatic rings. The number of carboxylic acids is 1. The smallest absolute Gasteiger partial charge is 0.304 e. The molecule has 1 amide bonds. The number of aliphatic carboxylic acids is 1. The van der Waals surface area contributed by atoms with Crippen LogP contribution in [-0.4, -0.2) is 17.0 Å². The third-order valence-corrected chi connectivity index (χ3v) is 3.78. The van der Waals surface area contributed by atoms with E-state index in [-0.39, 0.29) is 18.1 Å². The van der Waals surface area contributed by atoms with Crippen LogP contribution >= 0.6 is 0 Å². The van der Waals surface area contributed by atoms with E-state index in [9.17, 15) is 14.0 Å². The van der Waals surface area contributed by atoms with Crippen molar-refractivity contribution in [2.75, 3.05) is 5.32 Å². The Kier molecular flexibility index (Phi) is 3.63. The van der Waals surface area contributed by atoms with Gasteiger partial charge in [0.1, 0.15) is 5.82 Å². The van der Waals surface area contributed by atoms with Gasteiger partial charge in [0.2, 0.25) is 5.91 Å². The van der Waals surface area contributed by atoms with Crippen LogP contribution in [-0.2, 0) is 16.0 Å². The minimum absolute atomic E-state index is 0.199. The van der Waals surface area contributed by atoms with Crippen LogP contribution in [0.2, 0.25) is 0 Å². The van der Waals surface area contributed by atoms with Crippen molar-refractivity contribution in [2.45, 2.75) is 12.8 Å². The Bertz CT molecular complexity index is 757. The summed E-state index contributed by atoms with van der Waals surface area (Å²) in [5, 5.41) is 11.6. The van der Waals surface area contributed by atoms with Gasteiger partial charge >= 0.3 is 5.97 Å². The third-order valence-electron chi connectivity index (χ3n) is 3.78. The van der Waals surface area contributed by atoms with Crippen molar-refractivity contribution in [3.8, 4) is 11.1 Å². The second kappa shape index (κ2) is 5.60. The molecule has 0 radical (unpaired) electrons. The van der Waals surface area contributed by atoms with Crippen LogP contribution in [0.1, 0.15) is 12.0 Å². The van der Waals surface area contributed by atoms with E-state index in [1.807, 2.05) is 12.1 Å². The van der Waals surface area contributed by atoms with Crippen molar-refractivity contribution >= 4 is 17.6 Å². The van der Waals surface area contributed by atoms with Crippen molar-refractivity contribution in [2.24, 2.45) is 5.92 Å². The lowest BCUT2D eigenvalue weighted by Crippen LogP contribution is -2.31. The van der Waals surface area contributed by atoms with Gasteiger partial charge in [0, 0.05) is 5.69 Å². The summed E-state index contributed by atoms with van der Waals surface area (Å²) in [5.41, 5.74) is 3.14. The van der Waals surface area contributed by atoms with Crippen LogP contribution in [0.3, 0.4) is 0 Å². The first-order valence-corrected chi connectivity index (χ1v) is 6.94. The molecule has 0 saturated heterocycles. The molecule has 0 aliphatic carbocycles. The average molecular weight is 299 g/mol. The number of carbonyl (C=O) groups excluding carboxylic acids is 1. The third kappa shape index (κ3) is 2.83. The Morgan fingerprint density at radius 1 is 1.23 bits per heavy atom. The lowest BCUT2D eigenvalue weighted by Gasteiger charge is -2.24. The van der Waals surface area contributed by atoms with Gasteiger partial charge < -0.3 is 10.4 Å². The van der Waals surface area contributed by atoms with Crippen molar-refractivity contribution in [3.63, 3.8) is 0 Å². The fourth-order valence-electron chi connectivity index (χ4n) is 2.70. The summed E-state index contributed by atoms with van der Waals surface area (Å²) in [7, 11) is 0. The minimum atomic E-state index is -0.995. The van der Waals surface area contributed by atoms with Gasteiger partial charge in [0.05, 0.1) is 12.3 Å². The fourth-order valence-corrected chi connectivity index (χ4v) is 2.70. The topological polar surface area (TPSA) is 66.4 Å². The predicted octanol–water partition coefficient (Wildman–Crippen LogP) is 3.08. The lowest BCUT2D eigenvalue weighted by molar-refractivity contribution is -0.140. The number of benzene rings is 2. The molecule has 0 fully saturated rings. The summed E-state index contributed by atoms with van der Waals surface area (Å²) in [6, 6.07) is 11.7. The molecule has 1 heterocycles. The number of hydrogen-bond donors (Lipinski definition) is 2. The van der Waals surface area contributed by atoms with Crippen molar-refractivity contribution < 1.29 is 19.1 Å². The molecule has 0 saturated carbocycles. The predicted molar refractivity (Wildman–Crippen MR) is 79.9 cm³/mol. The second-order valence-electron chi connectivity index (χ2n) is 5.37. The number of carboxylic acid groups (broad SMARTS) is 1. The van der Waals surface area contributed by atoms with E-state index in [0.717, 1.165) is 16.7 Å². The molecule has 22 heavy (non-hydrogen) atoms. The molecule has 5 heteroatoms.